The van der Waals surface area contributed by atoms with Crippen LogP contribution in [0.2, 0.25) is 0 Å². The molecule has 0 heterocycles. The van der Waals surface area contributed by atoms with Gasteiger partial charge in [-0.15, -0.1) is 0 Å². The Kier molecular flexibility index (Phi) is 6.24. The first-order valence-electron chi connectivity index (χ1n) is 3.94. The lowest BCUT2D eigenvalue weighted by Gasteiger charge is -2.00. The molecule has 0 unspecified atom stereocenters. The summed E-state index contributed by atoms with van der Waals surface area (Å²) in [7, 11) is 1.60. The van der Waals surface area contributed by atoms with Gasteiger partial charge in [-0.1, -0.05) is 31.8 Å². The summed E-state index contributed by atoms with van der Waals surface area (Å²) >= 11 is 0. The van der Waals surface area contributed by atoms with Gasteiger partial charge in [0, 0.05) is 0 Å². The standard InChI is InChI=1S/C8H17NO/c1-4-6-8(7-5-2)9-10-3/h4-7H2,1-3H3. The molecule has 0 spiro atoms. The van der Waals surface area contributed by atoms with Crippen molar-refractivity contribution in [1.29, 1.82) is 0 Å². The van der Waals surface area contributed by atoms with E-state index in [9.17, 15) is 0 Å². The molecule has 0 atom stereocenters. The van der Waals surface area contributed by atoms with E-state index in [1.807, 2.05) is 0 Å². The van der Waals surface area contributed by atoms with Crippen molar-refractivity contribution in [3.8, 4) is 0 Å². The van der Waals surface area contributed by atoms with Crippen molar-refractivity contribution in [3.63, 3.8) is 0 Å². The summed E-state index contributed by atoms with van der Waals surface area (Å²) in [5.41, 5.74) is 1.19. The minimum atomic E-state index is 1.07. The zero-order valence-electron chi connectivity index (χ0n) is 7.18. The van der Waals surface area contributed by atoms with Gasteiger partial charge in [-0.05, 0) is 12.8 Å². The summed E-state index contributed by atoms with van der Waals surface area (Å²) in [5.74, 6) is 0. The fraction of sp³-hybridized carbons (Fsp3) is 0.875. The molecule has 0 aliphatic heterocycles. The maximum atomic E-state index is 4.70. The van der Waals surface area contributed by atoms with E-state index >= 15 is 0 Å². The average molecular weight is 143 g/mol. The zero-order valence-corrected chi connectivity index (χ0v) is 7.18. The number of rotatable bonds is 5. The maximum Gasteiger partial charge on any atom is 0.106 e. The first-order valence-corrected chi connectivity index (χ1v) is 3.94. The molecule has 0 aromatic heterocycles. The molecule has 0 N–H and O–H groups in total. The van der Waals surface area contributed by atoms with Crippen LogP contribution in [-0.2, 0) is 4.84 Å². The van der Waals surface area contributed by atoms with E-state index in [0.717, 1.165) is 25.7 Å². The quantitative estimate of drug-likeness (QED) is 0.428. The third-order valence-corrected chi connectivity index (χ3v) is 1.30. The molecule has 0 saturated heterocycles. The molecule has 60 valence electrons. The lowest BCUT2D eigenvalue weighted by atomic mass is 10.1. The highest BCUT2D eigenvalue weighted by Gasteiger charge is 1.95. The molecular weight excluding hydrogens is 126 g/mol. The second kappa shape index (κ2) is 6.59. The third-order valence-electron chi connectivity index (χ3n) is 1.30. The van der Waals surface area contributed by atoms with Crippen LogP contribution in [0.15, 0.2) is 5.16 Å². The van der Waals surface area contributed by atoms with Crippen LogP contribution in [0.5, 0.6) is 0 Å². The molecule has 2 heteroatoms. The molecule has 2 nitrogen and oxygen atoms in total. The molecule has 0 fully saturated rings. The van der Waals surface area contributed by atoms with Crippen LogP contribution in [-0.4, -0.2) is 12.8 Å². The van der Waals surface area contributed by atoms with Gasteiger partial charge in [0.05, 0.1) is 5.71 Å². The maximum absolute atomic E-state index is 4.70. The highest BCUT2D eigenvalue weighted by molar-refractivity contribution is 5.83. The number of nitrogens with zero attached hydrogens (tertiary/aromatic N) is 1. The zero-order chi connectivity index (χ0) is 7.82. The topological polar surface area (TPSA) is 21.6 Å². The van der Waals surface area contributed by atoms with E-state index in [-0.39, 0.29) is 0 Å². The number of hydrogen-bond donors (Lipinski definition) is 0. The van der Waals surface area contributed by atoms with Crippen molar-refractivity contribution >= 4 is 5.71 Å². The normalized spacial score (nSPS) is 9.10. The lowest BCUT2D eigenvalue weighted by Crippen LogP contribution is -1.97. The molecule has 0 bridgehead atoms. The Balaban J connectivity index is 3.60. The van der Waals surface area contributed by atoms with Crippen LogP contribution in [0.1, 0.15) is 39.5 Å². The summed E-state index contributed by atoms with van der Waals surface area (Å²) in [6, 6.07) is 0. The van der Waals surface area contributed by atoms with Crippen LogP contribution in [0.25, 0.3) is 0 Å². The van der Waals surface area contributed by atoms with Crippen LogP contribution in [0.4, 0.5) is 0 Å². The fourth-order valence-electron chi connectivity index (χ4n) is 0.923. The van der Waals surface area contributed by atoms with Gasteiger partial charge in [-0.25, -0.2) is 0 Å². The Labute approximate surface area is 63.3 Å². The molecule has 0 radical (unpaired) electrons. The van der Waals surface area contributed by atoms with Gasteiger partial charge in [0.25, 0.3) is 0 Å². The van der Waals surface area contributed by atoms with Crippen molar-refractivity contribution in [1.82, 2.24) is 0 Å². The van der Waals surface area contributed by atoms with Crippen molar-refractivity contribution in [3.05, 3.63) is 0 Å². The highest BCUT2D eigenvalue weighted by Crippen LogP contribution is 2.00. The summed E-state index contributed by atoms with van der Waals surface area (Å²) in [4.78, 5) is 4.70. The molecular formula is C8H17NO. The molecule has 0 rings (SSSR count). The average Bonchev–Trinajstić information content (AvgIpc) is 1.90. The van der Waals surface area contributed by atoms with Crippen LogP contribution in [0.3, 0.4) is 0 Å². The van der Waals surface area contributed by atoms with Crippen molar-refractivity contribution in [2.24, 2.45) is 5.16 Å². The summed E-state index contributed by atoms with van der Waals surface area (Å²) < 4.78 is 0. The summed E-state index contributed by atoms with van der Waals surface area (Å²) in [5, 5.41) is 3.92. The van der Waals surface area contributed by atoms with Crippen molar-refractivity contribution in [2.45, 2.75) is 39.5 Å². The van der Waals surface area contributed by atoms with Gasteiger partial charge in [0.1, 0.15) is 7.11 Å². The van der Waals surface area contributed by atoms with Gasteiger partial charge < -0.3 is 4.84 Å². The minimum absolute atomic E-state index is 1.07. The largest absolute Gasteiger partial charge is 0.399 e. The van der Waals surface area contributed by atoms with E-state index in [4.69, 9.17) is 4.84 Å². The van der Waals surface area contributed by atoms with Crippen LogP contribution >= 0.6 is 0 Å². The molecule has 0 aromatic rings. The molecule has 0 aliphatic rings. The Morgan fingerprint density at radius 2 is 1.70 bits per heavy atom. The molecule has 0 aromatic carbocycles. The Hall–Kier alpha value is -0.530. The molecule has 0 amide bonds. The molecule has 0 aliphatic carbocycles. The minimum Gasteiger partial charge on any atom is -0.399 e. The SMILES string of the molecule is CCCC(CCC)=NOC. The first-order chi connectivity index (χ1) is 4.85. The molecule has 10 heavy (non-hydrogen) atoms. The van der Waals surface area contributed by atoms with Gasteiger partial charge in [0.15, 0.2) is 0 Å². The van der Waals surface area contributed by atoms with E-state index in [1.54, 1.807) is 7.11 Å². The highest BCUT2D eigenvalue weighted by atomic mass is 16.6. The Morgan fingerprint density at radius 1 is 1.20 bits per heavy atom. The van der Waals surface area contributed by atoms with Crippen molar-refractivity contribution in [2.75, 3.05) is 7.11 Å². The van der Waals surface area contributed by atoms with E-state index in [2.05, 4.69) is 19.0 Å². The van der Waals surface area contributed by atoms with Crippen LogP contribution in [0, 0.1) is 0 Å². The van der Waals surface area contributed by atoms with E-state index in [0.29, 0.717) is 0 Å². The van der Waals surface area contributed by atoms with Crippen molar-refractivity contribution < 1.29 is 4.84 Å². The predicted molar refractivity (Wildman–Crippen MR) is 44.3 cm³/mol. The summed E-state index contributed by atoms with van der Waals surface area (Å²) in [6.45, 7) is 4.31. The second-order valence-corrected chi connectivity index (χ2v) is 2.34. The first kappa shape index (κ1) is 9.47. The smallest absolute Gasteiger partial charge is 0.106 e. The van der Waals surface area contributed by atoms with Gasteiger partial charge in [-0.2, -0.15) is 0 Å². The monoisotopic (exact) mass is 143 g/mol. The van der Waals surface area contributed by atoms with Gasteiger partial charge in [-0.3, -0.25) is 0 Å². The predicted octanol–water partition coefficient (Wildman–Crippen LogP) is 2.59. The lowest BCUT2D eigenvalue weighted by molar-refractivity contribution is 0.211. The number of hydrogen-bond acceptors (Lipinski definition) is 2. The van der Waals surface area contributed by atoms with E-state index in [1.165, 1.54) is 5.71 Å². The second-order valence-electron chi connectivity index (χ2n) is 2.34. The van der Waals surface area contributed by atoms with Gasteiger partial charge in [0.2, 0.25) is 0 Å². The Morgan fingerprint density at radius 3 is 2.00 bits per heavy atom. The Bertz CT molecular complexity index is 91.4. The third kappa shape index (κ3) is 4.36. The van der Waals surface area contributed by atoms with Gasteiger partial charge >= 0.3 is 0 Å². The van der Waals surface area contributed by atoms with Crippen LogP contribution < -0.4 is 0 Å². The fourth-order valence-corrected chi connectivity index (χ4v) is 0.923. The number of oxime groups is 1. The van der Waals surface area contributed by atoms with E-state index < -0.39 is 0 Å². The molecule has 0 saturated carbocycles. The summed E-state index contributed by atoms with van der Waals surface area (Å²) in [6.07, 6.45) is 4.45.